The molecule has 5 nitrogen and oxygen atoms in total. The molecule has 0 bridgehead atoms. The molecule has 60 valence electrons. The van der Waals surface area contributed by atoms with Crippen molar-refractivity contribution in [1.29, 1.82) is 0 Å². The number of methoxy groups -OCH3 is 1. The molecule has 0 fully saturated rings. The number of aryl methyl sites for hydroxylation is 1. The van der Waals surface area contributed by atoms with E-state index in [1.807, 2.05) is 0 Å². The van der Waals surface area contributed by atoms with Crippen LogP contribution in [0.5, 0.6) is 6.01 Å². The smallest absolute Gasteiger partial charge is 0.361 e. The zero-order valence-corrected chi connectivity index (χ0v) is 6.74. The van der Waals surface area contributed by atoms with E-state index in [-0.39, 0.29) is 5.56 Å². The average Bonchev–Trinajstić information content (AvgIpc) is 1.96. The maximum atomic E-state index is 11.0. The van der Waals surface area contributed by atoms with E-state index in [1.165, 1.54) is 22.6 Å². The topological polar surface area (TPSA) is 48.0 Å². The molecular formula is C6H10N3O2+. The van der Waals surface area contributed by atoms with Gasteiger partial charge in [-0.25, -0.2) is 0 Å². The fraction of sp³-hybridized carbons (Fsp3) is 0.500. The Morgan fingerprint density at radius 3 is 2.91 bits per heavy atom. The lowest BCUT2D eigenvalue weighted by molar-refractivity contribution is -0.733. The van der Waals surface area contributed by atoms with Crippen molar-refractivity contribution in [2.75, 3.05) is 7.11 Å². The van der Waals surface area contributed by atoms with Crippen LogP contribution in [-0.2, 0) is 14.1 Å². The highest BCUT2D eigenvalue weighted by Gasteiger charge is 2.07. The molecule has 0 atom stereocenters. The van der Waals surface area contributed by atoms with Gasteiger partial charge in [0.2, 0.25) is 0 Å². The normalized spacial score (nSPS) is 9.73. The number of hydrogen-bond donors (Lipinski definition) is 0. The van der Waals surface area contributed by atoms with Crippen LogP contribution in [0.15, 0.2) is 11.0 Å². The van der Waals surface area contributed by atoms with Gasteiger partial charge in [-0.2, -0.15) is 0 Å². The fourth-order valence-electron chi connectivity index (χ4n) is 0.749. The monoisotopic (exact) mass is 156 g/mol. The van der Waals surface area contributed by atoms with Crippen molar-refractivity contribution in [3.63, 3.8) is 0 Å². The Hall–Kier alpha value is -1.39. The maximum absolute atomic E-state index is 11.0. The molecule has 0 aromatic carbocycles. The van der Waals surface area contributed by atoms with Crippen LogP contribution in [0.4, 0.5) is 0 Å². The first kappa shape index (κ1) is 7.71. The van der Waals surface area contributed by atoms with Gasteiger partial charge in [0.05, 0.1) is 12.2 Å². The van der Waals surface area contributed by atoms with Crippen molar-refractivity contribution in [3.8, 4) is 6.01 Å². The van der Waals surface area contributed by atoms with Gasteiger partial charge in [0.1, 0.15) is 0 Å². The summed E-state index contributed by atoms with van der Waals surface area (Å²) in [6.07, 6.45) is 1.38. The predicted molar refractivity (Wildman–Crippen MR) is 37.2 cm³/mol. The molecule has 0 saturated heterocycles. The van der Waals surface area contributed by atoms with Crippen LogP contribution in [0.1, 0.15) is 0 Å². The van der Waals surface area contributed by atoms with Crippen LogP contribution in [0.2, 0.25) is 0 Å². The van der Waals surface area contributed by atoms with E-state index in [1.54, 1.807) is 14.1 Å². The number of hydrogen-bond acceptors (Lipinski definition) is 3. The van der Waals surface area contributed by atoms with Crippen LogP contribution in [0.3, 0.4) is 0 Å². The Bertz CT molecular complexity index is 318. The van der Waals surface area contributed by atoms with Crippen LogP contribution in [0.25, 0.3) is 0 Å². The highest BCUT2D eigenvalue weighted by atomic mass is 16.5. The van der Waals surface area contributed by atoms with Gasteiger partial charge in [0.25, 0.3) is 6.20 Å². The highest BCUT2D eigenvalue weighted by Crippen LogP contribution is 1.92. The molecule has 0 aliphatic carbocycles. The van der Waals surface area contributed by atoms with Gasteiger partial charge in [-0.15, -0.1) is 0 Å². The van der Waals surface area contributed by atoms with E-state index < -0.39 is 0 Å². The van der Waals surface area contributed by atoms with Gasteiger partial charge >= 0.3 is 11.6 Å². The molecule has 0 spiro atoms. The first-order valence-electron chi connectivity index (χ1n) is 3.13. The van der Waals surface area contributed by atoms with Crippen LogP contribution in [0, 0.1) is 0 Å². The lowest BCUT2D eigenvalue weighted by atomic mass is 10.8. The molecule has 0 aliphatic rings. The predicted octanol–water partition coefficient (Wildman–Crippen LogP) is -1.39. The zero-order valence-electron chi connectivity index (χ0n) is 6.74. The first-order chi connectivity index (χ1) is 5.15. The Labute approximate surface area is 63.8 Å². The van der Waals surface area contributed by atoms with Gasteiger partial charge in [0, 0.05) is 7.05 Å². The molecule has 0 aliphatic heterocycles. The molecule has 5 heteroatoms. The standard InChI is InChI=1S/C6H10N3O2/c1-8-4-5(10)9(2)6(7-8)11-3/h4H,1-3H3/q+1. The summed E-state index contributed by atoms with van der Waals surface area (Å²) in [7, 11) is 4.75. The maximum Gasteiger partial charge on any atom is 0.361 e. The molecule has 0 unspecified atom stereocenters. The van der Waals surface area contributed by atoms with Crippen molar-refractivity contribution in [1.82, 2.24) is 9.67 Å². The largest absolute Gasteiger partial charge is 0.464 e. The van der Waals surface area contributed by atoms with Crippen LogP contribution in [-0.4, -0.2) is 16.8 Å². The minimum absolute atomic E-state index is 0.139. The number of ether oxygens (including phenoxy) is 1. The minimum atomic E-state index is -0.139. The lowest BCUT2D eigenvalue weighted by Gasteiger charge is -1.99. The second-order valence-corrected chi connectivity index (χ2v) is 2.19. The molecular weight excluding hydrogens is 146 g/mol. The number of aromatic nitrogens is 3. The van der Waals surface area contributed by atoms with Crippen molar-refractivity contribution in [3.05, 3.63) is 16.6 Å². The quantitative estimate of drug-likeness (QED) is 0.470. The number of nitrogens with zero attached hydrogens (tertiary/aromatic N) is 3. The van der Waals surface area contributed by atoms with Gasteiger partial charge in [0.15, 0.2) is 7.05 Å². The van der Waals surface area contributed by atoms with E-state index in [4.69, 9.17) is 4.74 Å². The lowest BCUT2D eigenvalue weighted by Crippen LogP contribution is -2.40. The summed E-state index contributed by atoms with van der Waals surface area (Å²) < 4.78 is 7.59. The Balaban J connectivity index is 3.36. The first-order valence-corrected chi connectivity index (χ1v) is 3.13. The summed E-state index contributed by atoms with van der Waals surface area (Å²) in [6, 6.07) is 0.306. The minimum Gasteiger partial charge on any atom is -0.464 e. The van der Waals surface area contributed by atoms with Crippen LogP contribution < -0.4 is 15.0 Å². The third-order valence-corrected chi connectivity index (χ3v) is 1.34. The van der Waals surface area contributed by atoms with Crippen LogP contribution >= 0.6 is 0 Å². The van der Waals surface area contributed by atoms with Crippen molar-refractivity contribution in [2.24, 2.45) is 14.1 Å². The SMILES string of the molecule is COc1n[n+](C)cc(=O)n1C. The van der Waals surface area contributed by atoms with Crippen molar-refractivity contribution < 1.29 is 9.42 Å². The zero-order chi connectivity index (χ0) is 8.43. The molecule has 1 aromatic heterocycles. The molecule has 0 radical (unpaired) electrons. The third-order valence-electron chi connectivity index (χ3n) is 1.34. The molecule has 11 heavy (non-hydrogen) atoms. The Morgan fingerprint density at radius 1 is 1.73 bits per heavy atom. The van der Waals surface area contributed by atoms with Gasteiger partial charge < -0.3 is 4.74 Å². The molecule has 0 amide bonds. The second-order valence-electron chi connectivity index (χ2n) is 2.19. The molecule has 0 saturated carbocycles. The fourth-order valence-corrected chi connectivity index (χ4v) is 0.749. The molecule has 1 heterocycles. The van der Waals surface area contributed by atoms with Gasteiger partial charge in [-0.3, -0.25) is 9.36 Å². The van der Waals surface area contributed by atoms with E-state index in [9.17, 15) is 4.79 Å². The van der Waals surface area contributed by atoms with Crippen molar-refractivity contribution >= 4 is 0 Å². The molecule has 1 aromatic rings. The average molecular weight is 156 g/mol. The molecule has 1 rings (SSSR count). The molecule has 0 N–H and O–H groups in total. The summed E-state index contributed by atoms with van der Waals surface area (Å²) in [4.78, 5) is 11.0. The summed E-state index contributed by atoms with van der Waals surface area (Å²) in [5, 5.41) is 3.91. The van der Waals surface area contributed by atoms with E-state index in [2.05, 4.69) is 5.10 Å². The summed E-state index contributed by atoms with van der Waals surface area (Å²) in [6.45, 7) is 0. The Morgan fingerprint density at radius 2 is 2.36 bits per heavy atom. The van der Waals surface area contributed by atoms with Crippen molar-refractivity contribution in [2.45, 2.75) is 0 Å². The van der Waals surface area contributed by atoms with E-state index in [0.29, 0.717) is 6.01 Å². The second kappa shape index (κ2) is 2.69. The van der Waals surface area contributed by atoms with E-state index >= 15 is 0 Å². The third kappa shape index (κ3) is 1.36. The van der Waals surface area contributed by atoms with E-state index in [0.717, 1.165) is 0 Å². The summed E-state index contributed by atoms with van der Waals surface area (Å²) >= 11 is 0. The van der Waals surface area contributed by atoms with Gasteiger partial charge in [-0.1, -0.05) is 4.68 Å². The summed E-state index contributed by atoms with van der Waals surface area (Å²) in [5.41, 5.74) is -0.139. The highest BCUT2D eigenvalue weighted by molar-refractivity contribution is 4.88. The number of rotatable bonds is 1. The van der Waals surface area contributed by atoms with Gasteiger partial charge in [-0.05, 0) is 0 Å². The summed E-state index contributed by atoms with van der Waals surface area (Å²) in [5.74, 6) is 0. The Kier molecular flexibility index (Phi) is 1.89.